The van der Waals surface area contributed by atoms with Gasteiger partial charge in [0.25, 0.3) is 0 Å². The highest BCUT2D eigenvalue weighted by Crippen LogP contribution is 2.23. The van der Waals surface area contributed by atoms with Crippen molar-refractivity contribution in [1.29, 1.82) is 0 Å². The molecule has 0 aromatic heterocycles. The van der Waals surface area contributed by atoms with Crippen molar-refractivity contribution in [2.24, 2.45) is 0 Å². The summed E-state index contributed by atoms with van der Waals surface area (Å²) >= 11 is 7.01. The van der Waals surface area contributed by atoms with E-state index in [1.54, 1.807) is 0 Å². The minimum Gasteiger partial charge on any atom is -0.313 e. The minimum atomic E-state index is 0.917. The van der Waals surface area contributed by atoms with E-state index in [4.69, 9.17) is 0 Å². The quantitative estimate of drug-likeness (QED) is 0.698. The summed E-state index contributed by atoms with van der Waals surface area (Å²) in [5.74, 6) is 0. The van der Waals surface area contributed by atoms with E-state index in [2.05, 4.69) is 85.7 Å². The minimum absolute atomic E-state index is 0.917. The van der Waals surface area contributed by atoms with Gasteiger partial charge in [0, 0.05) is 15.5 Å². The van der Waals surface area contributed by atoms with Crippen molar-refractivity contribution in [3.63, 3.8) is 0 Å². The van der Waals surface area contributed by atoms with Gasteiger partial charge in [-0.1, -0.05) is 36.4 Å². The van der Waals surface area contributed by atoms with E-state index in [1.165, 1.54) is 17.5 Å². The first-order valence-corrected chi connectivity index (χ1v) is 8.03. The Morgan fingerprint density at radius 2 is 1.63 bits per heavy atom. The molecule has 0 spiro atoms. The Labute approximate surface area is 131 Å². The van der Waals surface area contributed by atoms with Crippen LogP contribution in [0, 0.1) is 0 Å². The normalized spacial score (nSPS) is 10.6. The lowest BCUT2D eigenvalue weighted by Crippen LogP contribution is -2.15. The molecule has 19 heavy (non-hydrogen) atoms. The van der Waals surface area contributed by atoms with E-state index in [-0.39, 0.29) is 0 Å². The Balaban J connectivity index is 1.68. The zero-order valence-electron chi connectivity index (χ0n) is 10.7. The monoisotopic (exact) mass is 381 g/mol. The van der Waals surface area contributed by atoms with Crippen molar-refractivity contribution in [2.45, 2.75) is 19.4 Å². The van der Waals surface area contributed by atoms with Gasteiger partial charge in [-0.2, -0.15) is 0 Å². The second-order valence-corrected chi connectivity index (χ2v) is 6.22. The molecule has 0 amide bonds. The standard InChI is InChI=1S/C16H17Br2N/c17-15-9-8-14(11-16(15)18)12-19-10-4-7-13-5-2-1-3-6-13/h1-3,5-6,8-9,11,19H,4,7,10,12H2. The molecule has 0 unspecified atom stereocenters. The van der Waals surface area contributed by atoms with Crippen molar-refractivity contribution in [3.8, 4) is 0 Å². The largest absolute Gasteiger partial charge is 0.313 e. The molecule has 0 radical (unpaired) electrons. The molecule has 0 aliphatic carbocycles. The number of hydrogen-bond donors (Lipinski definition) is 1. The van der Waals surface area contributed by atoms with Crippen molar-refractivity contribution >= 4 is 31.9 Å². The van der Waals surface area contributed by atoms with Crippen LogP contribution in [0.5, 0.6) is 0 Å². The van der Waals surface area contributed by atoms with Crippen molar-refractivity contribution in [3.05, 3.63) is 68.6 Å². The van der Waals surface area contributed by atoms with Gasteiger partial charge in [0.1, 0.15) is 0 Å². The van der Waals surface area contributed by atoms with E-state index in [0.717, 1.165) is 28.5 Å². The van der Waals surface area contributed by atoms with E-state index in [9.17, 15) is 0 Å². The first-order chi connectivity index (χ1) is 9.25. The fourth-order valence-corrected chi connectivity index (χ4v) is 2.62. The predicted octanol–water partition coefficient (Wildman–Crippen LogP) is 4.93. The molecule has 0 fully saturated rings. The zero-order valence-corrected chi connectivity index (χ0v) is 13.9. The van der Waals surface area contributed by atoms with Crippen LogP contribution >= 0.6 is 31.9 Å². The average Bonchev–Trinajstić information content (AvgIpc) is 2.43. The molecule has 1 nitrogen and oxygen atoms in total. The highest BCUT2D eigenvalue weighted by molar-refractivity contribution is 9.13. The van der Waals surface area contributed by atoms with Crippen molar-refractivity contribution < 1.29 is 0 Å². The van der Waals surface area contributed by atoms with Gasteiger partial charge in [0.15, 0.2) is 0 Å². The number of aryl methyl sites for hydroxylation is 1. The molecule has 0 heterocycles. The third kappa shape index (κ3) is 5.09. The second-order valence-electron chi connectivity index (χ2n) is 4.51. The summed E-state index contributed by atoms with van der Waals surface area (Å²) in [6.07, 6.45) is 2.31. The highest BCUT2D eigenvalue weighted by atomic mass is 79.9. The van der Waals surface area contributed by atoms with Crippen LogP contribution in [0.25, 0.3) is 0 Å². The molecular formula is C16H17Br2N. The SMILES string of the molecule is Brc1ccc(CNCCCc2ccccc2)cc1Br. The lowest BCUT2D eigenvalue weighted by atomic mass is 10.1. The Bertz CT molecular complexity index is 511. The third-order valence-electron chi connectivity index (χ3n) is 2.97. The third-order valence-corrected chi connectivity index (χ3v) is 4.85. The molecular weight excluding hydrogens is 366 g/mol. The lowest BCUT2D eigenvalue weighted by molar-refractivity contribution is 0.649. The molecule has 0 bridgehead atoms. The van der Waals surface area contributed by atoms with Crippen LogP contribution in [-0.2, 0) is 13.0 Å². The van der Waals surface area contributed by atoms with Gasteiger partial charge in [-0.25, -0.2) is 0 Å². The maximum absolute atomic E-state index is 3.52. The first kappa shape index (κ1) is 14.8. The Kier molecular flexibility index (Phi) is 6.08. The Morgan fingerprint density at radius 1 is 0.842 bits per heavy atom. The molecule has 1 N–H and O–H groups in total. The molecule has 0 saturated carbocycles. The fourth-order valence-electron chi connectivity index (χ4n) is 1.94. The van der Waals surface area contributed by atoms with E-state index in [0.29, 0.717) is 0 Å². The number of halogens is 2. The number of nitrogens with one attached hydrogen (secondary N) is 1. The second kappa shape index (κ2) is 7.83. The molecule has 2 rings (SSSR count). The van der Waals surface area contributed by atoms with Crippen molar-refractivity contribution in [2.75, 3.05) is 6.54 Å². The van der Waals surface area contributed by atoms with E-state index in [1.807, 2.05) is 0 Å². The van der Waals surface area contributed by atoms with Crippen LogP contribution in [-0.4, -0.2) is 6.54 Å². The smallest absolute Gasteiger partial charge is 0.0320 e. The van der Waals surface area contributed by atoms with Crippen LogP contribution in [0.15, 0.2) is 57.5 Å². The topological polar surface area (TPSA) is 12.0 Å². The Morgan fingerprint density at radius 3 is 2.37 bits per heavy atom. The van der Waals surface area contributed by atoms with Crippen LogP contribution in [0.3, 0.4) is 0 Å². The van der Waals surface area contributed by atoms with Crippen LogP contribution < -0.4 is 5.32 Å². The maximum Gasteiger partial charge on any atom is 0.0320 e. The summed E-state index contributed by atoms with van der Waals surface area (Å²) in [5, 5.41) is 3.48. The van der Waals surface area contributed by atoms with Gasteiger partial charge >= 0.3 is 0 Å². The van der Waals surface area contributed by atoms with E-state index >= 15 is 0 Å². The molecule has 0 aliphatic heterocycles. The molecule has 3 heteroatoms. The van der Waals surface area contributed by atoms with Gasteiger partial charge in [-0.05, 0) is 74.5 Å². The first-order valence-electron chi connectivity index (χ1n) is 6.44. The zero-order chi connectivity index (χ0) is 13.5. The molecule has 0 aliphatic rings. The molecule has 0 atom stereocenters. The maximum atomic E-state index is 3.52. The number of benzene rings is 2. The summed E-state index contributed by atoms with van der Waals surface area (Å²) in [7, 11) is 0. The van der Waals surface area contributed by atoms with Gasteiger partial charge in [0.2, 0.25) is 0 Å². The summed E-state index contributed by atoms with van der Waals surface area (Å²) in [4.78, 5) is 0. The summed E-state index contributed by atoms with van der Waals surface area (Å²) in [6.45, 7) is 1.96. The fraction of sp³-hybridized carbons (Fsp3) is 0.250. The number of hydrogen-bond acceptors (Lipinski definition) is 1. The average molecular weight is 383 g/mol. The van der Waals surface area contributed by atoms with Crippen LogP contribution in [0.1, 0.15) is 17.5 Å². The van der Waals surface area contributed by atoms with Gasteiger partial charge < -0.3 is 5.32 Å². The summed E-state index contributed by atoms with van der Waals surface area (Å²) < 4.78 is 2.21. The van der Waals surface area contributed by atoms with E-state index < -0.39 is 0 Å². The predicted molar refractivity (Wildman–Crippen MR) is 88.3 cm³/mol. The van der Waals surface area contributed by atoms with Gasteiger partial charge in [-0.15, -0.1) is 0 Å². The molecule has 0 saturated heterocycles. The van der Waals surface area contributed by atoms with Crippen LogP contribution in [0.2, 0.25) is 0 Å². The van der Waals surface area contributed by atoms with Crippen molar-refractivity contribution in [1.82, 2.24) is 5.32 Å². The summed E-state index contributed by atoms with van der Waals surface area (Å²) in [5.41, 5.74) is 2.71. The van der Waals surface area contributed by atoms with Gasteiger partial charge in [-0.3, -0.25) is 0 Å². The van der Waals surface area contributed by atoms with Gasteiger partial charge in [0.05, 0.1) is 0 Å². The number of rotatable bonds is 6. The molecule has 2 aromatic carbocycles. The summed E-state index contributed by atoms with van der Waals surface area (Å²) in [6, 6.07) is 17.0. The highest BCUT2D eigenvalue weighted by Gasteiger charge is 1.98. The Hall–Kier alpha value is -0.640. The van der Waals surface area contributed by atoms with Crippen LogP contribution in [0.4, 0.5) is 0 Å². The molecule has 100 valence electrons. The molecule has 2 aromatic rings. The lowest BCUT2D eigenvalue weighted by Gasteiger charge is -2.06.